The summed E-state index contributed by atoms with van der Waals surface area (Å²) >= 11 is 0. The highest BCUT2D eigenvalue weighted by Gasteiger charge is 2.65. The van der Waals surface area contributed by atoms with Gasteiger partial charge in [-0.3, -0.25) is 4.79 Å². The quantitative estimate of drug-likeness (QED) is 0.0598. The van der Waals surface area contributed by atoms with Crippen LogP contribution >= 0.6 is 0 Å². The van der Waals surface area contributed by atoms with E-state index in [2.05, 4.69) is 24.9 Å². The topological polar surface area (TPSA) is 148 Å². The van der Waals surface area contributed by atoms with Crippen molar-refractivity contribution < 1.29 is 43.6 Å². The van der Waals surface area contributed by atoms with Crippen molar-refractivity contribution >= 4 is 17.7 Å². The number of unbranched alkanes of at least 4 members (excludes halogenated alkanes) is 2. The fraction of sp³-hybridized carbons (Fsp3) is 0.627. The van der Waals surface area contributed by atoms with Crippen molar-refractivity contribution in [2.24, 2.45) is 28.8 Å². The Hall–Kier alpha value is -4.23. The number of hydrogen-bond acceptors (Lipinski definition) is 10. The van der Waals surface area contributed by atoms with E-state index in [4.69, 9.17) is 28.9 Å². The summed E-state index contributed by atoms with van der Waals surface area (Å²) in [6.45, 7) is 8.02. The Morgan fingerprint density at radius 3 is 2.49 bits per heavy atom. The number of carbonyl (C=O) groups excluding carboxylic acids is 2. The first-order valence-electron chi connectivity index (χ1n) is 24.0. The van der Waals surface area contributed by atoms with Gasteiger partial charge in [0.05, 0.1) is 24.8 Å². The lowest BCUT2D eigenvalue weighted by atomic mass is 9.55. The van der Waals surface area contributed by atoms with Crippen LogP contribution in [0.25, 0.3) is 0 Å². The second-order valence-corrected chi connectivity index (χ2v) is 18.2. The molecular formula is C51H71N3O9. The molecule has 7 atom stereocenters. The summed E-state index contributed by atoms with van der Waals surface area (Å²) in [4.78, 5) is 36.4. The van der Waals surface area contributed by atoms with Crippen molar-refractivity contribution in [3.05, 3.63) is 84.0 Å². The first-order chi connectivity index (χ1) is 30.9. The molecule has 344 valence electrons. The highest BCUT2D eigenvalue weighted by atomic mass is 16.8. The molecule has 2 saturated carbocycles. The monoisotopic (exact) mass is 870 g/mol. The fourth-order valence-corrected chi connectivity index (χ4v) is 11.0. The molecule has 2 amide bonds. The number of amides is 2. The minimum Gasteiger partial charge on any atom is -0.459 e. The van der Waals surface area contributed by atoms with Crippen molar-refractivity contribution in [1.82, 2.24) is 10.2 Å². The van der Waals surface area contributed by atoms with Gasteiger partial charge in [-0.2, -0.15) is 0 Å². The third-order valence-electron chi connectivity index (χ3n) is 14.0. The lowest BCUT2D eigenvalue weighted by Gasteiger charge is -2.60. The van der Waals surface area contributed by atoms with Crippen LogP contribution in [-0.4, -0.2) is 83.9 Å². The largest absolute Gasteiger partial charge is 0.459 e. The first-order valence-corrected chi connectivity index (χ1v) is 24.0. The number of ether oxygens (including phenoxy) is 4. The summed E-state index contributed by atoms with van der Waals surface area (Å²) in [6, 6.07) is 14.7. The molecule has 63 heavy (non-hydrogen) atoms. The summed E-state index contributed by atoms with van der Waals surface area (Å²) in [5.74, 6) is -0.250. The number of aliphatic hydroxyl groups is 2. The van der Waals surface area contributed by atoms with E-state index >= 15 is 0 Å². The Kier molecular flexibility index (Phi) is 17.1. The van der Waals surface area contributed by atoms with E-state index in [0.717, 1.165) is 80.2 Å². The Morgan fingerprint density at radius 2 is 1.76 bits per heavy atom. The molecule has 1 unspecified atom stereocenters. The Labute approximate surface area is 374 Å². The molecule has 2 heterocycles. The number of oxime groups is 1. The summed E-state index contributed by atoms with van der Waals surface area (Å²) < 4.78 is 26.5. The van der Waals surface area contributed by atoms with Crippen LogP contribution < -0.4 is 14.8 Å². The molecule has 7 rings (SSSR count). The number of carbonyl (C=O) groups is 2. The van der Waals surface area contributed by atoms with Gasteiger partial charge in [0.2, 0.25) is 18.0 Å². The molecule has 12 nitrogen and oxygen atoms in total. The van der Waals surface area contributed by atoms with Gasteiger partial charge in [0, 0.05) is 57.0 Å². The maximum absolute atomic E-state index is 14.8. The van der Waals surface area contributed by atoms with Crippen molar-refractivity contribution in [2.75, 3.05) is 33.0 Å². The maximum atomic E-state index is 14.8. The van der Waals surface area contributed by atoms with Crippen molar-refractivity contribution in [2.45, 2.75) is 147 Å². The van der Waals surface area contributed by atoms with Crippen LogP contribution in [0.15, 0.2) is 78.0 Å². The van der Waals surface area contributed by atoms with E-state index < -0.39 is 30.1 Å². The van der Waals surface area contributed by atoms with Crippen LogP contribution in [0.3, 0.4) is 0 Å². The van der Waals surface area contributed by atoms with E-state index in [-0.39, 0.29) is 43.5 Å². The molecule has 0 bridgehead atoms. The maximum Gasteiger partial charge on any atom is 0.412 e. The van der Waals surface area contributed by atoms with E-state index in [0.29, 0.717) is 62.8 Å². The van der Waals surface area contributed by atoms with Crippen LogP contribution in [0.1, 0.15) is 133 Å². The third-order valence-corrected chi connectivity index (χ3v) is 14.0. The Morgan fingerprint density at radius 1 is 0.984 bits per heavy atom. The van der Waals surface area contributed by atoms with Crippen LogP contribution in [0.2, 0.25) is 0 Å². The highest BCUT2D eigenvalue weighted by Crippen LogP contribution is 2.62. The van der Waals surface area contributed by atoms with Crippen molar-refractivity contribution in [3.63, 3.8) is 0 Å². The molecule has 2 aliphatic heterocycles. The predicted octanol–water partition coefficient (Wildman–Crippen LogP) is 9.34. The second kappa shape index (κ2) is 23.1. The van der Waals surface area contributed by atoms with Crippen molar-refractivity contribution in [3.8, 4) is 11.5 Å². The molecule has 3 aliphatic carbocycles. The van der Waals surface area contributed by atoms with Gasteiger partial charge in [0.1, 0.15) is 17.5 Å². The minimum atomic E-state index is -1.34. The predicted molar refractivity (Wildman–Crippen MR) is 242 cm³/mol. The molecule has 12 heteroatoms. The fourth-order valence-electron chi connectivity index (χ4n) is 11.0. The summed E-state index contributed by atoms with van der Waals surface area (Å²) in [5.41, 5.74) is 3.58. The van der Waals surface area contributed by atoms with Crippen LogP contribution in [0.4, 0.5) is 4.79 Å². The van der Waals surface area contributed by atoms with E-state index in [9.17, 15) is 19.8 Å². The summed E-state index contributed by atoms with van der Waals surface area (Å²) in [7, 11) is 0. The number of aliphatic hydroxyl groups excluding tert-OH is 2. The molecule has 3 N–H and O–H groups in total. The molecule has 0 spiro atoms. The summed E-state index contributed by atoms with van der Waals surface area (Å²) in [5, 5.41) is 27.8. The number of rotatable bonds is 22. The van der Waals surface area contributed by atoms with Gasteiger partial charge >= 0.3 is 6.09 Å². The molecule has 2 aromatic rings. The zero-order chi connectivity index (χ0) is 44.0. The Bertz CT molecular complexity index is 1860. The van der Waals surface area contributed by atoms with E-state index in [1.165, 1.54) is 25.7 Å². The molecular weight excluding hydrogens is 799 g/mol. The SMILES string of the molecule is C=CCO[C@@]12Oc3ccc(OC(=O)NCc4ccccc4)cc3[C@H]3[C@H](CCCCO)[C@@H](CCCCO)C=C(C(=NOC4CCCCO4)C[C@@H]1N(CCC)C(=O)CCC1CCCC1)[C@H]32. The molecule has 2 aromatic carbocycles. The number of nitrogens with one attached hydrogen (secondary N) is 1. The van der Waals surface area contributed by atoms with Gasteiger partial charge in [-0.05, 0) is 98.5 Å². The summed E-state index contributed by atoms with van der Waals surface area (Å²) in [6.07, 6.45) is 17.6. The van der Waals surface area contributed by atoms with Gasteiger partial charge in [-0.1, -0.05) is 93.1 Å². The first kappa shape index (κ1) is 46.8. The highest BCUT2D eigenvalue weighted by molar-refractivity contribution is 6.03. The number of benzene rings is 2. The minimum absolute atomic E-state index is 0.0424. The zero-order valence-electron chi connectivity index (χ0n) is 37.4. The van der Waals surface area contributed by atoms with Crippen molar-refractivity contribution in [1.29, 1.82) is 0 Å². The van der Waals surface area contributed by atoms with Crippen LogP contribution in [0, 0.1) is 23.7 Å². The van der Waals surface area contributed by atoms with Gasteiger partial charge < -0.3 is 44.2 Å². The average Bonchev–Trinajstić information content (AvgIpc) is 3.84. The lowest BCUT2D eigenvalue weighted by Crippen LogP contribution is -2.70. The Balaban J connectivity index is 1.36. The number of fused-ring (bicyclic) bond motifs is 2. The van der Waals surface area contributed by atoms with E-state index in [1.807, 2.05) is 47.4 Å². The average molecular weight is 870 g/mol. The zero-order valence-corrected chi connectivity index (χ0v) is 37.4. The van der Waals surface area contributed by atoms with Gasteiger partial charge in [-0.25, -0.2) is 4.79 Å². The molecule has 5 aliphatic rings. The second-order valence-electron chi connectivity index (χ2n) is 18.2. The van der Waals surface area contributed by atoms with Gasteiger partial charge in [0.25, 0.3) is 0 Å². The normalized spacial score (nSPS) is 27.1. The van der Waals surface area contributed by atoms with Crippen LogP contribution in [0.5, 0.6) is 11.5 Å². The standard InChI is InChI=1S/C51H71N3O9/c1-3-27-54(46(57)26-23-36-16-8-9-17-36)45-34-43(53-63-47-22-12-15-31-59-47)41-32-38(20-10-13-28-55)40(21-11-14-29-56)48-42-33-39(61-50(58)52-35-37-18-6-5-7-19-37)24-25-44(42)62-51(45,49(41)48)60-30-4-2/h4-7,18-19,24-25,32-33,36,38,40,45,47-49,55-56H,2-3,8-17,20-23,26-31,34-35H2,1H3,(H,52,58)/t38-,40+,45-,47?,48+,49+,51+/m0/s1. The lowest BCUT2D eigenvalue weighted by molar-refractivity contribution is -0.257. The smallest absolute Gasteiger partial charge is 0.412 e. The molecule has 0 aromatic heterocycles. The molecule has 3 fully saturated rings. The van der Waals surface area contributed by atoms with Gasteiger partial charge in [-0.15, -0.1) is 6.58 Å². The molecule has 0 radical (unpaired) electrons. The van der Waals surface area contributed by atoms with Crippen LogP contribution in [-0.2, 0) is 25.7 Å². The number of hydrogen-bond donors (Lipinski definition) is 3. The van der Waals surface area contributed by atoms with E-state index in [1.54, 1.807) is 12.1 Å². The number of nitrogens with zero attached hydrogens (tertiary/aromatic N) is 2. The third kappa shape index (κ3) is 11.4. The van der Waals surface area contributed by atoms with Gasteiger partial charge in [0.15, 0.2) is 0 Å². The molecule has 1 saturated heterocycles. The number of allylic oxidation sites excluding steroid dienone is 1.